The summed E-state index contributed by atoms with van der Waals surface area (Å²) in [6.07, 6.45) is 0.309. The molecule has 3 aliphatic heterocycles. The molecule has 666 valence electrons. The van der Waals surface area contributed by atoms with Crippen LogP contribution in [0, 0.1) is 12.3 Å². The van der Waals surface area contributed by atoms with Gasteiger partial charge >= 0.3 is 0 Å². The Kier molecular flexibility index (Phi) is 54.6. The van der Waals surface area contributed by atoms with Gasteiger partial charge in [0.05, 0.1) is 66.0 Å². The zero-order valence-corrected chi connectivity index (χ0v) is 67.5. The molecule has 3 saturated heterocycles. The summed E-state index contributed by atoms with van der Waals surface area (Å²) in [5.74, 6) is -1.42. The third kappa shape index (κ3) is 44.2. The second-order valence-electron chi connectivity index (χ2n) is 29.0. The fraction of sp³-hybridized carbons (Fsp3) is 0.829. The minimum absolute atomic E-state index is 0.0761. The molecule has 15 unspecified atom stereocenters. The van der Waals surface area contributed by atoms with Crippen molar-refractivity contribution in [3.8, 4) is 12.3 Å². The maximum Gasteiger partial charge on any atom is 0.222 e. The normalized spacial score (nSPS) is 23.6. The molecule has 0 spiro atoms. The van der Waals surface area contributed by atoms with Crippen LogP contribution >= 0.6 is 0 Å². The molecule has 0 aliphatic carbocycles. The first-order valence-corrected chi connectivity index (χ1v) is 40.6. The Labute approximate surface area is 678 Å². The minimum atomic E-state index is -1.46. The van der Waals surface area contributed by atoms with Gasteiger partial charge in [0.1, 0.15) is 78.6 Å². The van der Waals surface area contributed by atoms with Gasteiger partial charge in [0.25, 0.3) is 0 Å². The lowest BCUT2D eigenvalue weighted by Gasteiger charge is -2.42. The highest BCUT2D eigenvalue weighted by molar-refractivity contribution is 5.79. The van der Waals surface area contributed by atoms with Crippen molar-refractivity contribution in [2.75, 3.05) is 125 Å². The molecule has 0 aromatic heterocycles. The molecule has 116 heavy (non-hydrogen) atoms. The van der Waals surface area contributed by atoms with Crippen LogP contribution in [0.4, 0.5) is 0 Å². The fourth-order valence-electron chi connectivity index (χ4n) is 12.5. The third-order valence-corrected chi connectivity index (χ3v) is 18.9. The van der Waals surface area contributed by atoms with Crippen molar-refractivity contribution < 1.29 is 141 Å². The van der Waals surface area contributed by atoms with Gasteiger partial charge in [-0.15, -0.1) is 6.42 Å². The molecule has 3 aliphatic rings. The highest BCUT2D eigenvalue weighted by atomic mass is 16.7. The minimum Gasteiger partial charge on any atom is -0.394 e. The van der Waals surface area contributed by atoms with Crippen molar-refractivity contribution in [1.82, 2.24) is 58.5 Å². The van der Waals surface area contributed by atoms with E-state index in [0.29, 0.717) is 70.6 Å². The summed E-state index contributed by atoms with van der Waals surface area (Å²) >= 11 is 0. The molecule has 0 bridgehead atoms. The summed E-state index contributed by atoms with van der Waals surface area (Å²) in [7, 11) is 0. The molecule has 0 aromatic carbocycles. The first-order valence-electron chi connectivity index (χ1n) is 40.6. The van der Waals surface area contributed by atoms with Crippen LogP contribution in [0.25, 0.3) is 0 Å². The van der Waals surface area contributed by atoms with E-state index < -0.39 is 135 Å². The first-order chi connectivity index (χ1) is 55.7. The lowest BCUT2D eigenvalue weighted by molar-refractivity contribution is -0.270. The number of terminal acetylenes is 1. The molecule has 0 aromatic rings. The van der Waals surface area contributed by atoms with Crippen molar-refractivity contribution in [2.45, 2.75) is 279 Å². The van der Waals surface area contributed by atoms with E-state index in [1.54, 1.807) is 0 Å². The molecule has 40 heteroatoms. The summed E-state index contributed by atoms with van der Waals surface area (Å²) in [6.45, 7) is 2.56. The Morgan fingerprint density at radius 1 is 0.328 bits per heavy atom. The predicted molar refractivity (Wildman–Crippen MR) is 413 cm³/mol. The number of unbranched alkanes of at least 4 members (excludes halogenated alkanes) is 10. The van der Waals surface area contributed by atoms with Crippen LogP contribution in [-0.2, 0) is 95.4 Å². The molecule has 40 nitrogen and oxygen atoms in total. The summed E-state index contributed by atoms with van der Waals surface area (Å²) in [6, 6.07) is -3.29. The van der Waals surface area contributed by atoms with Crippen LogP contribution in [0.2, 0.25) is 0 Å². The van der Waals surface area contributed by atoms with E-state index in [4.69, 9.17) is 49.1 Å². The second kappa shape index (κ2) is 61.3. The van der Waals surface area contributed by atoms with Gasteiger partial charge < -0.3 is 147 Å². The van der Waals surface area contributed by atoms with Crippen molar-refractivity contribution in [3.05, 3.63) is 0 Å². The van der Waals surface area contributed by atoms with Gasteiger partial charge in [0.15, 0.2) is 18.9 Å². The van der Waals surface area contributed by atoms with Crippen LogP contribution in [0.15, 0.2) is 0 Å². The number of aliphatic hydroxyl groups excluding tert-OH is 9. The van der Waals surface area contributed by atoms with Crippen molar-refractivity contribution in [3.63, 3.8) is 0 Å². The van der Waals surface area contributed by atoms with Gasteiger partial charge in [-0.3, -0.25) is 52.7 Å². The maximum atomic E-state index is 14.0. The van der Waals surface area contributed by atoms with Crippen molar-refractivity contribution in [1.29, 1.82) is 0 Å². The zero-order valence-electron chi connectivity index (χ0n) is 67.5. The number of rotatable bonds is 64. The number of ether oxygens (including phenoxy) is 9. The number of carbonyl (C=O) groups excluding carboxylic acids is 11. The lowest BCUT2D eigenvalue weighted by Crippen LogP contribution is -2.64. The van der Waals surface area contributed by atoms with E-state index in [-0.39, 0.29) is 197 Å². The summed E-state index contributed by atoms with van der Waals surface area (Å²) in [4.78, 5) is 138. The smallest absolute Gasteiger partial charge is 0.222 e. The molecule has 15 atom stereocenters. The molecule has 3 fully saturated rings. The van der Waals surface area contributed by atoms with Crippen LogP contribution in [-0.4, -0.2) is 334 Å². The van der Waals surface area contributed by atoms with Crippen LogP contribution in [0.1, 0.15) is 181 Å². The summed E-state index contributed by atoms with van der Waals surface area (Å²) < 4.78 is 52.1. The number of carbonyl (C=O) groups is 11. The summed E-state index contributed by atoms with van der Waals surface area (Å²) in [5.41, 5.74) is -1.42. The quantitative estimate of drug-likeness (QED) is 0.0200. The third-order valence-electron chi connectivity index (χ3n) is 18.9. The van der Waals surface area contributed by atoms with Crippen LogP contribution in [0.3, 0.4) is 0 Å². The van der Waals surface area contributed by atoms with E-state index in [1.807, 2.05) is 0 Å². The molecule has 0 radical (unpaired) electrons. The highest BCUT2D eigenvalue weighted by Crippen LogP contribution is 2.26. The largest absolute Gasteiger partial charge is 0.394 e. The van der Waals surface area contributed by atoms with Gasteiger partial charge in [-0.05, 0) is 70.6 Å². The molecule has 0 saturated carbocycles. The molecular weight excluding hydrogens is 1530 g/mol. The van der Waals surface area contributed by atoms with Gasteiger partial charge in [0.2, 0.25) is 65.0 Å². The molecule has 20 N–H and O–H groups in total. The van der Waals surface area contributed by atoms with E-state index in [1.165, 1.54) is 20.8 Å². The van der Waals surface area contributed by atoms with Crippen molar-refractivity contribution >= 4 is 65.0 Å². The first kappa shape index (κ1) is 103. The summed E-state index contributed by atoms with van der Waals surface area (Å²) in [5, 5.41) is 121. The Hall–Kier alpha value is -6.99. The number of hydrogen-bond acceptors (Lipinski definition) is 29. The van der Waals surface area contributed by atoms with Gasteiger partial charge in [-0.25, -0.2) is 0 Å². The average Bonchev–Trinajstić information content (AvgIpc) is 0.820. The Bertz CT molecular complexity index is 2660. The highest BCUT2D eigenvalue weighted by Gasteiger charge is 2.48. The second-order valence-corrected chi connectivity index (χ2v) is 29.0. The Morgan fingerprint density at radius 3 is 0.845 bits per heavy atom. The zero-order chi connectivity index (χ0) is 85.5. The number of nitrogens with one attached hydrogen (secondary N) is 11. The number of aliphatic hydroxyl groups is 9. The van der Waals surface area contributed by atoms with Crippen LogP contribution < -0.4 is 58.5 Å². The Morgan fingerprint density at radius 2 is 0.578 bits per heavy atom. The average molecular weight is 1660 g/mol. The maximum absolute atomic E-state index is 14.0. The van der Waals surface area contributed by atoms with Crippen molar-refractivity contribution in [2.24, 2.45) is 0 Å². The van der Waals surface area contributed by atoms with Gasteiger partial charge in [-0.2, -0.15) is 0 Å². The molecular formula is C76H133N11O29. The molecule has 11 amide bonds. The molecule has 3 rings (SSSR count). The predicted octanol–water partition coefficient (Wildman–Crippen LogP) is -5.03. The number of hydrogen-bond donors (Lipinski definition) is 20. The van der Waals surface area contributed by atoms with Gasteiger partial charge in [0, 0.05) is 131 Å². The Balaban J connectivity index is 1.57. The van der Waals surface area contributed by atoms with E-state index >= 15 is 0 Å². The SMILES string of the molecule is C#CCNC(=O)CCCCCCCCCCC(=O)NC(COCCC(=O)NCCCNC(=O)CCCCOC1OC(CO)C(O)C(O)C1NC(C)=O)(COCCC(=O)NCCCNC(=O)CCCCOC1OC(CO)C(O)C(O)C1NC(C)=O)COCCC(=O)NCCCNC(=O)CCCCOC1OC(CO)C(O)C(O)C1NC(C)=O. The molecule has 3 heterocycles. The topological polar surface area (TPSA) is 585 Å². The van der Waals surface area contributed by atoms with E-state index in [9.17, 15) is 98.7 Å². The number of amides is 11. The van der Waals surface area contributed by atoms with Crippen LogP contribution in [0.5, 0.6) is 0 Å². The van der Waals surface area contributed by atoms with Gasteiger partial charge in [-0.1, -0.05) is 44.4 Å². The lowest BCUT2D eigenvalue weighted by atomic mass is 9.97. The van der Waals surface area contributed by atoms with E-state index in [2.05, 4.69) is 64.4 Å². The fourth-order valence-corrected chi connectivity index (χ4v) is 12.5. The monoisotopic (exact) mass is 1660 g/mol. The van der Waals surface area contributed by atoms with E-state index in [0.717, 1.165) is 44.9 Å². The standard InChI is InChI=1S/C76H133N11O29/c1-5-31-77-56(94)23-12-10-8-6-7-9-11-13-27-63(101)87-76(47-108-41-28-60(98)81-35-20-32-78-57(95)24-14-17-38-111-73-64(84-50(2)91)70(105)67(102)53(44-88)114-73,48-109-42-29-61(99)82-36-21-33-79-58(96)25-15-18-39-112-74-65(85-51(3)92)71(106)68(103)54(45-89)115-74)49-110-43-30-62(100)83-37-22-34-80-59(97)26-16-19-40-113-75-66(86-52(4)93)72(107)69(104)55(46-90)116-75/h1,53-55,64-75,88-90,102-107H,6-49H2,2-4H3,(H,77,94)(H,78,95)(H,79,96)(H,80,97)(H,81,98)(H,82,99)(H,83,100)(H,84,91)(H,85,92)(H,86,93)(H,87,101).